The van der Waals surface area contributed by atoms with Gasteiger partial charge in [0, 0.05) is 39.6 Å². The zero-order valence-corrected chi connectivity index (χ0v) is 21.1. The average molecular weight is 512 g/mol. The number of aryl methyl sites for hydroxylation is 1. The number of benzene rings is 2. The predicted octanol–water partition coefficient (Wildman–Crippen LogP) is 3.44. The van der Waals surface area contributed by atoms with E-state index in [4.69, 9.17) is 15.0 Å². The van der Waals surface area contributed by atoms with Gasteiger partial charge in [0.05, 0.1) is 17.4 Å². The van der Waals surface area contributed by atoms with Gasteiger partial charge in [-0.2, -0.15) is 9.97 Å². The summed E-state index contributed by atoms with van der Waals surface area (Å²) in [6, 6.07) is 15.1. The normalized spacial score (nSPS) is 13.6. The summed E-state index contributed by atoms with van der Waals surface area (Å²) >= 11 is 0. The predicted molar refractivity (Wildman–Crippen MR) is 145 cm³/mol. The molecule has 1 amide bonds. The Labute approximate surface area is 219 Å². The number of hydrogen-bond donors (Lipinski definition) is 3. The average Bonchev–Trinajstić information content (AvgIpc) is 3.61. The van der Waals surface area contributed by atoms with Crippen molar-refractivity contribution in [2.75, 3.05) is 30.3 Å². The van der Waals surface area contributed by atoms with Gasteiger partial charge in [0.1, 0.15) is 5.75 Å². The van der Waals surface area contributed by atoms with Crippen LogP contribution in [0.5, 0.6) is 5.75 Å². The number of aromatic nitrogens is 6. The number of para-hydroxylation sites is 2. The number of rotatable bonds is 9. The van der Waals surface area contributed by atoms with Crippen molar-refractivity contribution in [3.63, 3.8) is 0 Å². The Morgan fingerprint density at radius 1 is 1.03 bits per heavy atom. The van der Waals surface area contributed by atoms with Crippen LogP contribution < -0.4 is 10.6 Å². The third-order valence-corrected chi connectivity index (χ3v) is 6.90. The fraction of sp³-hybridized carbons (Fsp3) is 0.296. The van der Waals surface area contributed by atoms with Gasteiger partial charge in [-0.05, 0) is 42.7 Å². The number of anilines is 3. The molecule has 11 heteroatoms. The first kappa shape index (κ1) is 23.7. The number of likely N-dealkylation sites (tertiary alicyclic amines) is 1. The van der Waals surface area contributed by atoms with E-state index in [1.54, 1.807) is 18.5 Å². The van der Waals surface area contributed by atoms with Crippen molar-refractivity contribution in [1.29, 1.82) is 0 Å². The van der Waals surface area contributed by atoms with Crippen LogP contribution in [0.25, 0.3) is 22.2 Å². The second-order valence-electron chi connectivity index (χ2n) is 9.44. The Hall–Kier alpha value is -4.67. The lowest BCUT2D eigenvalue weighted by molar-refractivity contribution is -0.127. The van der Waals surface area contributed by atoms with Gasteiger partial charge < -0.3 is 24.5 Å². The number of hydrogen-bond acceptors (Lipinski definition) is 8. The van der Waals surface area contributed by atoms with Crippen molar-refractivity contribution in [3.05, 3.63) is 60.4 Å². The van der Waals surface area contributed by atoms with Gasteiger partial charge in [-0.1, -0.05) is 24.3 Å². The molecule has 3 N–H and O–H groups in total. The van der Waals surface area contributed by atoms with Crippen LogP contribution in [-0.2, 0) is 24.8 Å². The monoisotopic (exact) mass is 511 g/mol. The molecule has 194 valence electrons. The largest absolute Gasteiger partial charge is 0.508 e. The molecule has 0 aliphatic carbocycles. The summed E-state index contributed by atoms with van der Waals surface area (Å²) in [4.78, 5) is 32.8. The first-order valence-electron chi connectivity index (χ1n) is 12.8. The molecule has 1 aliphatic rings. The number of carbonyl (C=O) groups is 1. The molecule has 0 atom stereocenters. The summed E-state index contributed by atoms with van der Waals surface area (Å²) in [5.74, 6) is 2.10. The molecule has 11 nitrogen and oxygen atoms in total. The van der Waals surface area contributed by atoms with Crippen LogP contribution >= 0.6 is 0 Å². The molecule has 1 aliphatic heterocycles. The maximum absolute atomic E-state index is 12.1. The van der Waals surface area contributed by atoms with E-state index in [2.05, 4.69) is 15.6 Å². The van der Waals surface area contributed by atoms with Crippen molar-refractivity contribution in [3.8, 4) is 5.75 Å². The maximum atomic E-state index is 12.1. The highest BCUT2D eigenvalue weighted by Crippen LogP contribution is 2.25. The standard InChI is InChI=1S/C27H29N9O2/c1-34-21-6-3-2-5-20(21)30-27(34)33-26-31-24(28-13-12-18-8-10-19(37)11-9-18)23-25(32-26)36(17-29-23)16-15-35-14-4-7-22(35)38/h2-3,5-6,8-11,17,37H,4,7,12-16H2,1H3,(H2,28,30,31,32,33). The van der Waals surface area contributed by atoms with Crippen LogP contribution in [0.4, 0.5) is 17.7 Å². The van der Waals surface area contributed by atoms with Gasteiger partial charge in [0.15, 0.2) is 17.0 Å². The van der Waals surface area contributed by atoms with Gasteiger partial charge in [-0.25, -0.2) is 9.97 Å². The lowest BCUT2D eigenvalue weighted by atomic mass is 10.1. The van der Waals surface area contributed by atoms with Crippen molar-refractivity contribution in [1.82, 2.24) is 34.0 Å². The van der Waals surface area contributed by atoms with E-state index in [-0.39, 0.29) is 11.7 Å². The summed E-state index contributed by atoms with van der Waals surface area (Å²) in [7, 11) is 1.95. The Bertz CT molecular complexity index is 1610. The third kappa shape index (κ3) is 4.70. The molecule has 2 aromatic carbocycles. The zero-order valence-electron chi connectivity index (χ0n) is 21.1. The molecular weight excluding hydrogens is 482 g/mol. The van der Waals surface area contributed by atoms with Gasteiger partial charge >= 0.3 is 0 Å². The number of phenolic OH excluding ortho intramolecular Hbond substituents is 1. The molecule has 0 spiro atoms. The van der Waals surface area contributed by atoms with E-state index < -0.39 is 0 Å². The first-order chi connectivity index (χ1) is 18.5. The van der Waals surface area contributed by atoms with Crippen LogP contribution in [0.15, 0.2) is 54.9 Å². The Balaban J connectivity index is 1.29. The molecule has 6 rings (SSSR count). The number of aromatic hydroxyl groups is 1. The van der Waals surface area contributed by atoms with Crippen LogP contribution in [0.1, 0.15) is 18.4 Å². The van der Waals surface area contributed by atoms with Crippen molar-refractivity contribution in [2.45, 2.75) is 25.8 Å². The lowest BCUT2D eigenvalue weighted by Gasteiger charge is -2.16. The van der Waals surface area contributed by atoms with Crippen LogP contribution in [0, 0.1) is 0 Å². The third-order valence-electron chi connectivity index (χ3n) is 6.90. The zero-order chi connectivity index (χ0) is 26.1. The van der Waals surface area contributed by atoms with Crippen LogP contribution in [0.3, 0.4) is 0 Å². The smallest absolute Gasteiger partial charge is 0.233 e. The number of amides is 1. The Morgan fingerprint density at radius 2 is 1.87 bits per heavy atom. The number of phenols is 1. The Morgan fingerprint density at radius 3 is 2.66 bits per heavy atom. The van der Waals surface area contributed by atoms with Crippen molar-refractivity contribution >= 4 is 45.8 Å². The molecule has 5 aromatic rings. The van der Waals surface area contributed by atoms with Crippen LogP contribution in [0.2, 0.25) is 0 Å². The summed E-state index contributed by atoms with van der Waals surface area (Å²) < 4.78 is 3.94. The number of nitrogens with zero attached hydrogens (tertiary/aromatic N) is 7. The van der Waals surface area contributed by atoms with E-state index in [9.17, 15) is 9.90 Å². The highest BCUT2D eigenvalue weighted by atomic mass is 16.3. The molecule has 0 radical (unpaired) electrons. The first-order valence-corrected chi connectivity index (χ1v) is 12.8. The number of carbonyl (C=O) groups excluding carboxylic acids is 1. The SMILES string of the molecule is Cn1c(Nc2nc(NCCc3ccc(O)cc3)c3ncn(CCN4CCCC4=O)c3n2)nc2ccccc21. The molecule has 38 heavy (non-hydrogen) atoms. The molecule has 0 saturated carbocycles. The lowest BCUT2D eigenvalue weighted by Crippen LogP contribution is -2.28. The minimum absolute atomic E-state index is 0.199. The highest BCUT2D eigenvalue weighted by molar-refractivity contribution is 5.85. The second-order valence-corrected chi connectivity index (χ2v) is 9.44. The van der Waals surface area contributed by atoms with E-state index >= 15 is 0 Å². The fourth-order valence-corrected chi connectivity index (χ4v) is 4.80. The molecule has 3 aromatic heterocycles. The van der Waals surface area contributed by atoms with Gasteiger partial charge in [-0.3, -0.25) is 10.1 Å². The highest BCUT2D eigenvalue weighted by Gasteiger charge is 2.21. The van der Waals surface area contributed by atoms with E-state index in [1.807, 2.05) is 57.5 Å². The van der Waals surface area contributed by atoms with Crippen LogP contribution in [-0.4, -0.2) is 64.6 Å². The molecular formula is C27H29N9O2. The molecule has 1 fully saturated rings. The maximum Gasteiger partial charge on any atom is 0.233 e. The molecule has 0 bridgehead atoms. The molecule has 0 unspecified atom stereocenters. The topological polar surface area (TPSA) is 126 Å². The van der Waals surface area contributed by atoms with Gasteiger partial charge in [0.2, 0.25) is 17.8 Å². The van der Waals surface area contributed by atoms with E-state index in [1.165, 1.54) is 0 Å². The minimum atomic E-state index is 0.199. The summed E-state index contributed by atoms with van der Waals surface area (Å²) in [6.07, 6.45) is 4.03. The number of nitrogens with one attached hydrogen (secondary N) is 2. The minimum Gasteiger partial charge on any atom is -0.508 e. The number of fused-ring (bicyclic) bond motifs is 2. The van der Waals surface area contributed by atoms with Crippen molar-refractivity contribution in [2.24, 2.45) is 7.05 Å². The fourth-order valence-electron chi connectivity index (χ4n) is 4.80. The molecule has 1 saturated heterocycles. The van der Waals surface area contributed by atoms with Gasteiger partial charge in [-0.15, -0.1) is 0 Å². The Kier molecular flexibility index (Phi) is 6.24. The number of imidazole rings is 2. The quantitative estimate of drug-likeness (QED) is 0.275. The molecule has 4 heterocycles. The summed E-state index contributed by atoms with van der Waals surface area (Å²) in [5.41, 5.74) is 4.33. The summed E-state index contributed by atoms with van der Waals surface area (Å²) in [6.45, 7) is 2.63. The second kappa shape index (κ2) is 10.0. The van der Waals surface area contributed by atoms with E-state index in [0.29, 0.717) is 54.9 Å². The summed E-state index contributed by atoms with van der Waals surface area (Å²) in [5, 5.41) is 16.2. The van der Waals surface area contributed by atoms with Gasteiger partial charge in [0.25, 0.3) is 0 Å². The van der Waals surface area contributed by atoms with Crippen molar-refractivity contribution < 1.29 is 9.90 Å². The van der Waals surface area contributed by atoms with E-state index in [0.717, 1.165) is 36.0 Å².